The number of aromatic amines is 1. The first-order valence-electron chi connectivity index (χ1n) is 6.95. The quantitative estimate of drug-likeness (QED) is 0.624. The Hall–Kier alpha value is -3.42. The zero-order chi connectivity index (χ0) is 16.5. The molecule has 0 saturated heterocycles. The second-order valence-electron chi connectivity index (χ2n) is 4.97. The Kier molecular flexibility index (Phi) is 3.34. The van der Waals surface area contributed by atoms with Crippen molar-refractivity contribution in [3.8, 4) is 34.2 Å². The number of benzene rings is 1. The maximum atomic E-state index is 13.9. The van der Waals surface area contributed by atoms with Crippen molar-refractivity contribution in [3.05, 3.63) is 60.7 Å². The summed E-state index contributed by atoms with van der Waals surface area (Å²) in [6.45, 7) is 0. The highest BCUT2D eigenvalue weighted by Crippen LogP contribution is 2.27. The van der Waals surface area contributed by atoms with E-state index in [9.17, 15) is 8.78 Å². The smallest absolute Gasteiger partial charge is 0.258 e. The first-order valence-corrected chi connectivity index (χ1v) is 6.95. The van der Waals surface area contributed by atoms with Crippen LogP contribution < -0.4 is 0 Å². The Labute approximate surface area is 134 Å². The molecule has 0 amide bonds. The second kappa shape index (κ2) is 5.65. The Morgan fingerprint density at radius 2 is 1.79 bits per heavy atom. The number of nitrogens with zero attached hydrogens (tertiary/aromatic N) is 4. The number of imidazole rings is 1. The number of pyridine rings is 1. The first-order chi connectivity index (χ1) is 11.7. The average molecular weight is 325 g/mol. The molecule has 4 aromatic rings. The molecule has 24 heavy (non-hydrogen) atoms. The van der Waals surface area contributed by atoms with Crippen LogP contribution in [0.5, 0.6) is 0 Å². The van der Waals surface area contributed by atoms with Gasteiger partial charge in [0, 0.05) is 17.3 Å². The van der Waals surface area contributed by atoms with Crippen molar-refractivity contribution < 1.29 is 13.3 Å². The molecule has 1 N–H and O–H groups in total. The summed E-state index contributed by atoms with van der Waals surface area (Å²) in [6.07, 6.45) is 4.22. The van der Waals surface area contributed by atoms with Gasteiger partial charge in [-0.25, -0.2) is 18.7 Å². The maximum Gasteiger partial charge on any atom is 0.258 e. The van der Waals surface area contributed by atoms with Crippen molar-refractivity contribution in [2.75, 3.05) is 0 Å². The summed E-state index contributed by atoms with van der Waals surface area (Å²) in [5.41, 5.74) is 1.94. The number of rotatable bonds is 3. The SMILES string of the molecule is Fc1ccc(-c2noc(-c3cc(F)cc(-c4c[nH]cn4)c3)n2)nc1. The molecule has 1 aromatic carbocycles. The summed E-state index contributed by atoms with van der Waals surface area (Å²) in [4.78, 5) is 15.0. The second-order valence-corrected chi connectivity index (χ2v) is 4.97. The van der Waals surface area contributed by atoms with E-state index in [0.29, 0.717) is 22.5 Å². The monoisotopic (exact) mass is 325 g/mol. The van der Waals surface area contributed by atoms with Crippen LogP contribution in [0.15, 0.2) is 53.6 Å². The van der Waals surface area contributed by atoms with Gasteiger partial charge in [0.15, 0.2) is 0 Å². The fourth-order valence-corrected chi connectivity index (χ4v) is 2.23. The molecule has 4 rings (SSSR count). The van der Waals surface area contributed by atoms with Crippen LogP contribution in [0.3, 0.4) is 0 Å². The van der Waals surface area contributed by atoms with Crippen molar-refractivity contribution in [1.82, 2.24) is 25.1 Å². The maximum absolute atomic E-state index is 13.9. The van der Waals surface area contributed by atoms with E-state index in [2.05, 4.69) is 25.1 Å². The Bertz CT molecular complexity index is 980. The molecule has 8 heteroatoms. The van der Waals surface area contributed by atoms with Gasteiger partial charge >= 0.3 is 0 Å². The molecule has 0 aliphatic rings. The average Bonchev–Trinajstić information content (AvgIpc) is 3.27. The van der Waals surface area contributed by atoms with Crippen molar-refractivity contribution in [3.63, 3.8) is 0 Å². The van der Waals surface area contributed by atoms with Crippen molar-refractivity contribution >= 4 is 0 Å². The van der Waals surface area contributed by atoms with Crippen LogP contribution in [0.4, 0.5) is 8.78 Å². The van der Waals surface area contributed by atoms with E-state index in [-0.39, 0.29) is 11.7 Å². The van der Waals surface area contributed by atoms with E-state index in [0.717, 1.165) is 6.20 Å². The van der Waals surface area contributed by atoms with Gasteiger partial charge in [-0.2, -0.15) is 4.98 Å². The summed E-state index contributed by atoms with van der Waals surface area (Å²) in [7, 11) is 0. The summed E-state index contributed by atoms with van der Waals surface area (Å²) >= 11 is 0. The lowest BCUT2D eigenvalue weighted by Crippen LogP contribution is -1.87. The zero-order valence-corrected chi connectivity index (χ0v) is 12.1. The molecule has 0 unspecified atom stereocenters. The van der Waals surface area contributed by atoms with E-state index in [1.165, 1.54) is 30.6 Å². The van der Waals surface area contributed by atoms with Crippen LogP contribution in [-0.2, 0) is 0 Å². The van der Waals surface area contributed by atoms with Crippen LogP contribution in [0.1, 0.15) is 0 Å². The number of H-pyrrole nitrogens is 1. The fraction of sp³-hybridized carbons (Fsp3) is 0. The summed E-state index contributed by atoms with van der Waals surface area (Å²) in [6, 6.07) is 7.01. The van der Waals surface area contributed by atoms with Gasteiger partial charge in [-0.1, -0.05) is 5.16 Å². The van der Waals surface area contributed by atoms with Gasteiger partial charge < -0.3 is 9.51 Å². The van der Waals surface area contributed by atoms with Gasteiger partial charge in [0.05, 0.1) is 18.2 Å². The predicted octanol–water partition coefficient (Wildman–Crippen LogP) is 3.47. The lowest BCUT2D eigenvalue weighted by Gasteiger charge is -2.00. The highest BCUT2D eigenvalue weighted by Gasteiger charge is 2.14. The molecule has 0 bridgehead atoms. The Morgan fingerprint density at radius 1 is 0.917 bits per heavy atom. The lowest BCUT2D eigenvalue weighted by molar-refractivity contribution is 0.432. The highest BCUT2D eigenvalue weighted by atomic mass is 19.1. The van der Waals surface area contributed by atoms with Crippen LogP contribution in [0.25, 0.3) is 34.2 Å². The first kappa shape index (κ1) is 14.2. The van der Waals surface area contributed by atoms with E-state index in [1.807, 2.05) is 0 Å². The molecule has 0 radical (unpaired) electrons. The molecular weight excluding hydrogens is 316 g/mol. The third kappa shape index (κ3) is 2.65. The van der Waals surface area contributed by atoms with Crippen LogP contribution >= 0.6 is 0 Å². The molecule has 118 valence electrons. The summed E-state index contributed by atoms with van der Waals surface area (Å²) in [5, 5.41) is 3.80. The zero-order valence-electron chi connectivity index (χ0n) is 12.1. The standard InChI is InChI=1S/C16H9F2N5O/c17-11-1-2-13(20-6-11)15-22-16(24-23-15)10-3-9(4-12(18)5-10)14-7-19-8-21-14/h1-8H,(H,19,21). The van der Waals surface area contributed by atoms with Crippen molar-refractivity contribution in [2.24, 2.45) is 0 Å². The topological polar surface area (TPSA) is 80.5 Å². The van der Waals surface area contributed by atoms with Crippen molar-refractivity contribution in [1.29, 1.82) is 0 Å². The molecule has 0 aliphatic heterocycles. The number of nitrogens with one attached hydrogen (secondary N) is 1. The fourth-order valence-electron chi connectivity index (χ4n) is 2.23. The van der Waals surface area contributed by atoms with Crippen LogP contribution in [-0.4, -0.2) is 25.1 Å². The largest absolute Gasteiger partial charge is 0.351 e. The van der Waals surface area contributed by atoms with Gasteiger partial charge in [0.25, 0.3) is 5.89 Å². The predicted molar refractivity (Wildman–Crippen MR) is 80.5 cm³/mol. The molecule has 6 nitrogen and oxygen atoms in total. The minimum atomic E-state index is -0.462. The number of aromatic nitrogens is 5. The van der Waals surface area contributed by atoms with E-state index in [1.54, 1.807) is 12.3 Å². The Morgan fingerprint density at radius 3 is 2.54 bits per heavy atom. The van der Waals surface area contributed by atoms with Gasteiger partial charge in [0.2, 0.25) is 5.82 Å². The number of halogens is 2. The molecular formula is C16H9F2N5O. The minimum Gasteiger partial charge on any atom is -0.351 e. The van der Waals surface area contributed by atoms with E-state index < -0.39 is 11.6 Å². The minimum absolute atomic E-state index is 0.132. The number of hydrogen-bond donors (Lipinski definition) is 1. The van der Waals surface area contributed by atoms with E-state index in [4.69, 9.17) is 4.52 Å². The summed E-state index contributed by atoms with van der Waals surface area (Å²) in [5.74, 6) is -0.593. The highest BCUT2D eigenvalue weighted by molar-refractivity contribution is 5.67. The van der Waals surface area contributed by atoms with E-state index >= 15 is 0 Å². The van der Waals surface area contributed by atoms with Crippen LogP contribution in [0.2, 0.25) is 0 Å². The molecule has 0 fully saturated rings. The molecule has 0 atom stereocenters. The van der Waals surface area contributed by atoms with Gasteiger partial charge in [-0.05, 0) is 30.3 Å². The van der Waals surface area contributed by atoms with Gasteiger partial charge in [-0.3, -0.25) is 0 Å². The normalized spacial score (nSPS) is 10.9. The van der Waals surface area contributed by atoms with Crippen molar-refractivity contribution in [2.45, 2.75) is 0 Å². The van der Waals surface area contributed by atoms with Crippen LogP contribution in [0, 0.1) is 11.6 Å². The lowest BCUT2D eigenvalue weighted by atomic mass is 10.1. The number of hydrogen-bond acceptors (Lipinski definition) is 5. The third-order valence-corrected chi connectivity index (χ3v) is 3.32. The molecule has 0 saturated carbocycles. The summed E-state index contributed by atoms with van der Waals surface area (Å²) < 4.78 is 32.0. The van der Waals surface area contributed by atoms with Gasteiger partial charge in [0.1, 0.15) is 17.3 Å². The molecule has 3 aromatic heterocycles. The Balaban J connectivity index is 1.73. The molecule has 0 spiro atoms. The van der Waals surface area contributed by atoms with Gasteiger partial charge in [-0.15, -0.1) is 0 Å². The molecule has 0 aliphatic carbocycles. The molecule has 3 heterocycles. The third-order valence-electron chi connectivity index (χ3n) is 3.32.